The van der Waals surface area contributed by atoms with Crippen molar-refractivity contribution < 1.29 is 33.3 Å². The minimum Gasteiger partial charge on any atom is -0.477 e. The number of ether oxygens (including phenoxy) is 1. The smallest absolute Gasteiger partial charge is 0.407 e. The molecule has 1 amide bonds. The lowest BCUT2D eigenvalue weighted by Crippen LogP contribution is -2.55. The molecule has 6 nitrogen and oxygen atoms in total. The first-order valence-electron chi connectivity index (χ1n) is 8.22. The van der Waals surface area contributed by atoms with Gasteiger partial charge in [0.1, 0.15) is 11.7 Å². The molecule has 1 aliphatic rings. The van der Waals surface area contributed by atoms with Gasteiger partial charge in [-0.25, -0.2) is 9.59 Å². The standard InChI is InChI=1S/C16H27F2NO5/c1-15(2,3)24-14(23)19-11(9-10-7-5-4-6-8-10)12(20)16(17,18)13(21)22/h10-12,20H,4-9H2,1-3H3,(H,19,23)(H,21,22). The number of carbonyl (C=O) groups is 2. The van der Waals surface area contributed by atoms with Crippen molar-refractivity contribution in [3.8, 4) is 0 Å². The van der Waals surface area contributed by atoms with Gasteiger partial charge in [0.2, 0.25) is 0 Å². The van der Waals surface area contributed by atoms with Gasteiger partial charge in [-0.05, 0) is 33.1 Å². The molecule has 0 aromatic heterocycles. The maximum absolute atomic E-state index is 13.7. The van der Waals surface area contributed by atoms with Gasteiger partial charge < -0.3 is 20.3 Å². The van der Waals surface area contributed by atoms with E-state index >= 15 is 0 Å². The molecule has 0 aromatic carbocycles. The van der Waals surface area contributed by atoms with Crippen LogP contribution >= 0.6 is 0 Å². The van der Waals surface area contributed by atoms with E-state index in [9.17, 15) is 23.5 Å². The van der Waals surface area contributed by atoms with Crippen LogP contribution in [0.1, 0.15) is 59.3 Å². The Morgan fingerprint density at radius 1 is 1.21 bits per heavy atom. The first-order valence-corrected chi connectivity index (χ1v) is 8.22. The Morgan fingerprint density at radius 2 is 1.75 bits per heavy atom. The predicted molar refractivity (Wildman–Crippen MR) is 82.9 cm³/mol. The van der Waals surface area contributed by atoms with Crippen LogP contribution in [0.3, 0.4) is 0 Å². The molecule has 0 heterocycles. The molecule has 1 aliphatic carbocycles. The van der Waals surface area contributed by atoms with Gasteiger partial charge >= 0.3 is 18.0 Å². The van der Waals surface area contributed by atoms with Crippen LogP contribution in [-0.2, 0) is 9.53 Å². The van der Waals surface area contributed by atoms with E-state index in [2.05, 4.69) is 5.32 Å². The van der Waals surface area contributed by atoms with Gasteiger partial charge in [-0.2, -0.15) is 8.78 Å². The third-order valence-electron chi connectivity index (χ3n) is 4.05. The van der Waals surface area contributed by atoms with E-state index in [1.165, 1.54) is 0 Å². The third kappa shape index (κ3) is 6.22. The fourth-order valence-corrected chi connectivity index (χ4v) is 2.89. The van der Waals surface area contributed by atoms with Gasteiger partial charge in [0, 0.05) is 0 Å². The molecule has 3 N–H and O–H groups in total. The first kappa shape index (κ1) is 20.6. The fraction of sp³-hybridized carbons (Fsp3) is 0.875. The number of alkyl halides is 2. The summed E-state index contributed by atoms with van der Waals surface area (Å²) in [5.74, 6) is -6.72. The van der Waals surface area contributed by atoms with E-state index < -0.39 is 35.7 Å². The van der Waals surface area contributed by atoms with E-state index in [-0.39, 0.29) is 12.3 Å². The molecule has 0 spiro atoms. The van der Waals surface area contributed by atoms with E-state index in [1.807, 2.05) is 0 Å². The van der Waals surface area contributed by atoms with Crippen LogP contribution < -0.4 is 5.32 Å². The molecular formula is C16H27F2NO5. The number of hydrogen-bond acceptors (Lipinski definition) is 4. The number of nitrogens with one attached hydrogen (secondary N) is 1. The van der Waals surface area contributed by atoms with Crippen molar-refractivity contribution in [1.82, 2.24) is 5.32 Å². The molecule has 2 unspecified atom stereocenters. The number of carboxylic acids is 1. The number of aliphatic hydroxyl groups excluding tert-OH is 1. The quantitative estimate of drug-likeness (QED) is 0.684. The SMILES string of the molecule is CC(C)(C)OC(=O)NC(CC1CCCCC1)C(O)C(F)(F)C(=O)O. The summed E-state index contributed by atoms with van der Waals surface area (Å²) in [7, 11) is 0. The Balaban J connectivity index is 2.85. The largest absolute Gasteiger partial charge is 0.477 e. The van der Waals surface area contributed by atoms with E-state index in [0.29, 0.717) is 0 Å². The molecule has 0 saturated heterocycles. The van der Waals surface area contributed by atoms with Crippen LogP contribution in [-0.4, -0.2) is 45.9 Å². The van der Waals surface area contributed by atoms with Crippen LogP contribution in [0.2, 0.25) is 0 Å². The lowest BCUT2D eigenvalue weighted by molar-refractivity contribution is -0.185. The van der Waals surface area contributed by atoms with Crippen LogP contribution in [0, 0.1) is 5.92 Å². The second kappa shape index (κ2) is 8.09. The highest BCUT2D eigenvalue weighted by molar-refractivity contribution is 5.76. The predicted octanol–water partition coefficient (Wildman–Crippen LogP) is 2.93. The number of rotatable bonds is 6. The Kier molecular flexibility index (Phi) is 6.95. The summed E-state index contributed by atoms with van der Waals surface area (Å²) in [6.07, 6.45) is 1.19. The highest BCUT2D eigenvalue weighted by atomic mass is 19.3. The van der Waals surface area contributed by atoms with Gasteiger partial charge in [0.05, 0.1) is 6.04 Å². The first-order chi connectivity index (χ1) is 10.9. The molecule has 0 aromatic rings. The number of hydrogen-bond donors (Lipinski definition) is 3. The van der Waals surface area contributed by atoms with Crippen molar-refractivity contribution in [3.05, 3.63) is 0 Å². The normalized spacial score (nSPS) is 19.4. The number of aliphatic hydroxyl groups is 1. The monoisotopic (exact) mass is 351 g/mol. The van der Waals surface area contributed by atoms with Gasteiger partial charge in [0.15, 0.2) is 0 Å². The Labute approximate surface area is 140 Å². The molecular weight excluding hydrogens is 324 g/mol. The highest BCUT2D eigenvalue weighted by Gasteiger charge is 2.51. The van der Waals surface area contributed by atoms with Crippen molar-refractivity contribution in [1.29, 1.82) is 0 Å². The number of carboxylic acid groups (broad SMARTS) is 1. The van der Waals surface area contributed by atoms with Gasteiger partial charge in [-0.3, -0.25) is 0 Å². The topological polar surface area (TPSA) is 95.9 Å². The molecule has 0 bridgehead atoms. The molecule has 0 aliphatic heterocycles. The number of carbonyl (C=O) groups excluding carboxylic acids is 1. The summed E-state index contributed by atoms with van der Waals surface area (Å²) in [5.41, 5.74) is -0.834. The average molecular weight is 351 g/mol. The van der Waals surface area contributed by atoms with Crippen LogP contribution in [0.4, 0.5) is 13.6 Å². The minimum absolute atomic E-state index is 0.0536. The Morgan fingerprint density at radius 3 is 2.21 bits per heavy atom. The summed E-state index contributed by atoms with van der Waals surface area (Å²) in [6.45, 7) is 4.85. The molecule has 2 atom stereocenters. The summed E-state index contributed by atoms with van der Waals surface area (Å²) in [6, 6.07) is -1.39. The van der Waals surface area contributed by atoms with Crippen molar-refractivity contribution in [3.63, 3.8) is 0 Å². The van der Waals surface area contributed by atoms with Crippen LogP contribution in [0.5, 0.6) is 0 Å². The molecule has 8 heteroatoms. The molecule has 1 fully saturated rings. The number of aliphatic carboxylic acids is 1. The van der Waals surface area contributed by atoms with Crippen molar-refractivity contribution in [2.45, 2.75) is 83.0 Å². The van der Waals surface area contributed by atoms with Crippen molar-refractivity contribution in [2.24, 2.45) is 5.92 Å². The van der Waals surface area contributed by atoms with Crippen molar-refractivity contribution in [2.75, 3.05) is 0 Å². The van der Waals surface area contributed by atoms with Gasteiger partial charge in [-0.1, -0.05) is 32.1 Å². The Hall–Kier alpha value is -1.44. The van der Waals surface area contributed by atoms with Crippen molar-refractivity contribution >= 4 is 12.1 Å². The fourth-order valence-electron chi connectivity index (χ4n) is 2.89. The molecule has 0 radical (unpaired) electrons. The second-order valence-electron chi connectivity index (χ2n) is 7.37. The zero-order chi connectivity index (χ0) is 18.5. The molecule has 1 rings (SSSR count). The third-order valence-corrected chi connectivity index (χ3v) is 4.05. The van der Waals surface area contributed by atoms with Gasteiger partial charge in [-0.15, -0.1) is 0 Å². The summed E-state index contributed by atoms with van der Waals surface area (Å²) in [5, 5.41) is 20.7. The number of alkyl carbamates (subject to hydrolysis) is 1. The molecule has 24 heavy (non-hydrogen) atoms. The summed E-state index contributed by atoms with van der Waals surface area (Å²) in [4.78, 5) is 22.6. The van der Waals surface area contributed by atoms with Gasteiger partial charge in [0.25, 0.3) is 0 Å². The van der Waals surface area contributed by atoms with E-state index in [4.69, 9.17) is 9.84 Å². The summed E-state index contributed by atoms with van der Waals surface area (Å²) >= 11 is 0. The van der Waals surface area contributed by atoms with E-state index in [1.54, 1.807) is 20.8 Å². The van der Waals surface area contributed by atoms with Crippen LogP contribution in [0.15, 0.2) is 0 Å². The molecule has 140 valence electrons. The second-order valence-corrected chi connectivity index (χ2v) is 7.37. The maximum Gasteiger partial charge on any atom is 0.407 e. The average Bonchev–Trinajstić information content (AvgIpc) is 2.44. The minimum atomic E-state index is -4.35. The lowest BCUT2D eigenvalue weighted by atomic mass is 9.83. The molecule has 1 saturated carbocycles. The van der Waals surface area contributed by atoms with E-state index in [0.717, 1.165) is 32.1 Å². The maximum atomic E-state index is 13.7. The number of amides is 1. The van der Waals surface area contributed by atoms with Crippen LogP contribution in [0.25, 0.3) is 0 Å². The Bertz CT molecular complexity index is 444. The lowest BCUT2D eigenvalue weighted by Gasteiger charge is -2.32. The zero-order valence-electron chi connectivity index (χ0n) is 14.3. The summed E-state index contributed by atoms with van der Waals surface area (Å²) < 4.78 is 32.4. The zero-order valence-corrected chi connectivity index (χ0v) is 14.3. The number of halogens is 2. The highest BCUT2D eigenvalue weighted by Crippen LogP contribution is 2.31.